The molecule has 0 spiro atoms. The van der Waals surface area contributed by atoms with Gasteiger partial charge in [0.05, 0.1) is 27.7 Å². The van der Waals surface area contributed by atoms with Gasteiger partial charge in [-0.1, -0.05) is 6.07 Å². The maximum absolute atomic E-state index is 12.7. The molecule has 3 rings (SSSR count). The van der Waals surface area contributed by atoms with Crippen LogP contribution in [-0.2, 0) is 0 Å². The van der Waals surface area contributed by atoms with E-state index in [0.717, 1.165) is 28.0 Å². The normalized spacial score (nSPS) is 11.7. The topological polar surface area (TPSA) is 85.8 Å². The number of nitrogens with two attached hydrogens (primary N) is 1. The van der Waals surface area contributed by atoms with E-state index >= 15 is 0 Å². The van der Waals surface area contributed by atoms with Gasteiger partial charge < -0.3 is 11.1 Å². The number of carbonyl (C=O) groups is 1. The first-order valence-electron chi connectivity index (χ1n) is 8.43. The van der Waals surface area contributed by atoms with Gasteiger partial charge in [0.25, 0.3) is 5.91 Å². The summed E-state index contributed by atoms with van der Waals surface area (Å²) in [5, 5.41) is 10.2. The van der Waals surface area contributed by atoms with Crippen LogP contribution in [0.15, 0.2) is 29.8 Å². The predicted octanol–water partition coefficient (Wildman–Crippen LogP) is 4.05. The number of pyridine rings is 1. The summed E-state index contributed by atoms with van der Waals surface area (Å²) in [5.74, 6) is -0.117. The van der Waals surface area contributed by atoms with E-state index in [9.17, 15) is 4.79 Å². The van der Waals surface area contributed by atoms with Gasteiger partial charge >= 0.3 is 0 Å². The van der Waals surface area contributed by atoms with Crippen LogP contribution in [0.5, 0.6) is 0 Å². The highest BCUT2D eigenvalue weighted by Gasteiger charge is 2.18. The highest BCUT2D eigenvalue weighted by Crippen LogP contribution is 2.28. The van der Waals surface area contributed by atoms with Crippen molar-refractivity contribution < 1.29 is 4.79 Å². The number of hydrogen-bond donors (Lipinski definition) is 2. The lowest BCUT2D eigenvalue weighted by molar-refractivity contribution is 0.0954. The fraction of sp³-hybridized carbons (Fsp3) is 0.389. The summed E-state index contributed by atoms with van der Waals surface area (Å²) in [5.41, 5.74) is 7.89. The third-order valence-corrected chi connectivity index (χ3v) is 4.85. The molecule has 0 fully saturated rings. The molecule has 3 heterocycles. The fourth-order valence-electron chi connectivity index (χ4n) is 2.64. The average molecular weight is 430 g/mol. The standard InChI is InChI=1S/C18H23N5OS.2ClH/c1-11(2)23-17-14(10-21-23)13(18(24)20-7-6-12(3)19)9-15(22-17)16-5-4-8-25-16;;/h4-5,8-12H,6-7,19H2,1-3H3,(H,20,24);2*1H. The van der Waals surface area contributed by atoms with E-state index in [1.807, 2.05) is 49.0 Å². The van der Waals surface area contributed by atoms with Crippen LogP contribution in [-0.4, -0.2) is 33.3 Å². The molecule has 3 N–H and O–H groups in total. The summed E-state index contributed by atoms with van der Waals surface area (Å²) in [6.45, 7) is 6.58. The van der Waals surface area contributed by atoms with Crippen molar-refractivity contribution in [3.8, 4) is 10.6 Å². The molecular weight excluding hydrogens is 405 g/mol. The number of nitrogens with one attached hydrogen (secondary N) is 1. The Morgan fingerprint density at radius 3 is 2.67 bits per heavy atom. The Morgan fingerprint density at radius 2 is 2.07 bits per heavy atom. The van der Waals surface area contributed by atoms with Gasteiger partial charge in [-0.3, -0.25) is 4.79 Å². The molecule has 0 saturated heterocycles. The molecular formula is C18H25Cl2N5OS. The molecule has 0 bridgehead atoms. The molecule has 0 aliphatic heterocycles. The highest BCUT2D eigenvalue weighted by atomic mass is 35.5. The van der Waals surface area contributed by atoms with E-state index in [1.165, 1.54) is 0 Å². The van der Waals surface area contributed by atoms with Crippen LogP contribution in [0.2, 0.25) is 0 Å². The first-order valence-corrected chi connectivity index (χ1v) is 9.31. The minimum Gasteiger partial charge on any atom is -0.352 e. The number of hydrogen-bond acceptors (Lipinski definition) is 5. The van der Waals surface area contributed by atoms with E-state index in [-0.39, 0.29) is 42.8 Å². The van der Waals surface area contributed by atoms with Gasteiger partial charge in [0.1, 0.15) is 0 Å². The van der Waals surface area contributed by atoms with Crippen LogP contribution in [0.3, 0.4) is 0 Å². The smallest absolute Gasteiger partial charge is 0.252 e. The van der Waals surface area contributed by atoms with Crippen LogP contribution >= 0.6 is 36.2 Å². The molecule has 0 saturated carbocycles. The van der Waals surface area contributed by atoms with Crippen molar-refractivity contribution in [1.29, 1.82) is 0 Å². The van der Waals surface area contributed by atoms with Gasteiger partial charge in [-0.15, -0.1) is 36.2 Å². The monoisotopic (exact) mass is 429 g/mol. The number of halogens is 2. The number of rotatable bonds is 6. The summed E-state index contributed by atoms with van der Waals surface area (Å²) in [4.78, 5) is 18.5. The summed E-state index contributed by atoms with van der Waals surface area (Å²) >= 11 is 1.60. The van der Waals surface area contributed by atoms with Crippen LogP contribution in [0.4, 0.5) is 0 Å². The zero-order valence-corrected chi connectivity index (χ0v) is 18.0. The predicted molar refractivity (Wildman–Crippen MR) is 116 cm³/mol. The summed E-state index contributed by atoms with van der Waals surface area (Å²) in [6.07, 6.45) is 2.46. The zero-order valence-electron chi connectivity index (χ0n) is 15.5. The highest BCUT2D eigenvalue weighted by molar-refractivity contribution is 7.13. The minimum atomic E-state index is -0.117. The van der Waals surface area contributed by atoms with Crippen LogP contribution in [0, 0.1) is 0 Å². The molecule has 27 heavy (non-hydrogen) atoms. The van der Waals surface area contributed by atoms with E-state index in [1.54, 1.807) is 17.5 Å². The van der Waals surface area contributed by atoms with Crippen molar-refractivity contribution in [1.82, 2.24) is 20.1 Å². The molecule has 148 valence electrons. The second-order valence-electron chi connectivity index (χ2n) is 6.47. The number of aromatic nitrogens is 3. The quantitative estimate of drug-likeness (QED) is 0.618. The summed E-state index contributed by atoms with van der Waals surface area (Å²) < 4.78 is 1.85. The molecule has 3 aromatic heterocycles. The third kappa shape index (κ3) is 5.19. The fourth-order valence-corrected chi connectivity index (χ4v) is 3.33. The molecule has 9 heteroatoms. The molecule has 1 amide bonds. The number of fused-ring (bicyclic) bond motifs is 1. The Hall–Kier alpha value is -1.67. The van der Waals surface area contributed by atoms with Crippen molar-refractivity contribution in [2.24, 2.45) is 5.73 Å². The van der Waals surface area contributed by atoms with E-state index in [4.69, 9.17) is 10.7 Å². The maximum Gasteiger partial charge on any atom is 0.252 e. The third-order valence-electron chi connectivity index (χ3n) is 3.96. The number of thiophene rings is 1. The van der Waals surface area contributed by atoms with E-state index < -0.39 is 0 Å². The van der Waals surface area contributed by atoms with E-state index in [0.29, 0.717) is 12.1 Å². The molecule has 0 aliphatic carbocycles. The Bertz CT molecular complexity index is 877. The van der Waals surface area contributed by atoms with Crippen LogP contribution in [0.25, 0.3) is 21.6 Å². The molecule has 1 unspecified atom stereocenters. The van der Waals surface area contributed by atoms with E-state index in [2.05, 4.69) is 10.4 Å². The van der Waals surface area contributed by atoms with Crippen LogP contribution < -0.4 is 11.1 Å². The molecule has 6 nitrogen and oxygen atoms in total. The van der Waals surface area contributed by atoms with Crippen molar-refractivity contribution in [2.45, 2.75) is 39.3 Å². The second kappa shape index (κ2) is 10.0. The zero-order chi connectivity index (χ0) is 18.0. The van der Waals surface area contributed by atoms with Crippen molar-refractivity contribution >= 4 is 53.1 Å². The summed E-state index contributed by atoms with van der Waals surface area (Å²) in [6, 6.07) is 6.06. The first kappa shape index (κ1) is 23.4. The lowest BCUT2D eigenvalue weighted by atomic mass is 10.1. The Balaban J connectivity index is 0.00000182. The molecule has 0 aromatic carbocycles. The molecule has 0 radical (unpaired) electrons. The molecule has 3 aromatic rings. The lowest BCUT2D eigenvalue weighted by Crippen LogP contribution is -2.29. The SMILES string of the molecule is CC(N)CCNC(=O)c1cc(-c2cccs2)nc2c1cnn2C(C)C.Cl.Cl. The Morgan fingerprint density at radius 1 is 1.33 bits per heavy atom. The summed E-state index contributed by atoms with van der Waals surface area (Å²) in [7, 11) is 0. The van der Waals surface area contributed by atoms with Gasteiger partial charge in [-0.05, 0) is 44.7 Å². The Kier molecular flexibility index (Phi) is 8.68. The second-order valence-corrected chi connectivity index (χ2v) is 7.42. The number of nitrogens with zero attached hydrogens (tertiary/aromatic N) is 3. The van der Waals surface area contributed by atoms with Gasteiger partial charge in [-0.2, -0.15) is 5.10 Å². The minimum absolute atomic E-state index is 0. The van der Waals surface area contributed by atoms with Gasteiger partial charge in [0.2, 0.25) is 0 Å². The molecule has 0 aliphatic rings. The number of carbonyl (C=O) groups excluding carboxylic acids is 1. The lowest BCUT2D eigenvalue weighted by Gasteiger charge is -2.11. The average Bonchev–Trinajstić information content (AvgIpc) is 3.22. The van der Waals surface area contributed by atoms with Gasteiger partial charge in [-0.25, -0.2) is 9.67 Å². The maximum atomic E-state index is 12.7. The van der Waals surface area contributed by atoms with Gasteiger partial charge in [0.15, 0.2) is 5.65 Å². The van der Waals surface area contributed by atoms with Crippen molar-refractivity contribution in [2.75, 3.05) is 6.54 Å². The first-order chi connectivity index (χ1) is 12.0. The molecule has 1 atom stereocenters. The van der Waals surface area contributed by atoms with Crippen molar-refractivity contribution in [3.05, 3.63) is 35.3 Å². The van der Waals surface area contributed by atoms with Crippen LogP contribution in [0.1, 0.15) is 43.6 Å². The largest absolute Gasteiger partial charge is 0.352 e. The van der Waals surface area contributed by atoms with Crippen molar-refractivity contribution in [3.63, 3.8) is 0 Å². The Labute approximate surface area is 175 Å². The van der Waals surface area contributed by atoms with Gasteiger partial charge in [0, 0.05) is 18.6 Å². The number of amides is 1.